The molecule has 0 fully saturated rings. The number of methoxy groups -OCH3 is 1. The number of halogens is 1. The number of nitrogens with zero attached hydrogens (tertiary/aromatic N) is 5. The first kappa shape index (κ1) is 18.5. The Bertz CT molecular complexity index is 1080. The number of aryl methyl sites for hydroxylation is 1. The van der Waals surface area contributed by atoms with Gasteiger partial charge in [-0.2, -0.15) is 4.98 Å². The molecule has 0 saturated heterocycles. The highest BCUT2D eigenvalue weighted by Gasteiger charge is 2.15. The molecule has 0 bridgehead atoms. The Balaban J connectivity index is 1.51. The van der Waals surface area contributed by atoms with Gasteiger partial charge in [0.15, 0.2) is 5.16 Å². The highest BCUT2D eigenvalue weighted by Crippen LogP contribution is 2.26. The Morgan fingerprint density at radius 3 is 2.54 bits per heavy atom. The van der Waals surface area contributed by atoms with E-state index in [0.29, 0.717) is 22.5 Å². The molecule has 0 amide bonds. The number of hydrogen-bond donors (Lipinski definition) is 0. The van der Waals surface area contributed by atoms with Gasteiger partial charge in [-0.25, -0.2) is 0 Å². The van der Waals surface area contributed by atoms with E-state index >= 15 is 0 Å². The van der Waals surface area contributed by atoms with Crippen molar-refractivity contribution in [2.45, 2.75) is 17.8 Å². The number of rotatable bonds is 6. The molecule has 4 aromatic rings. The van der Waals surface area contributed by atoms with E-state index in [0.717, 1.165) is 28.0 Å². The maximum absolute atomic E-state index is 5.92. The van der Waals surface area contributed by atoms with Crippen LogP contribution in [-0.4, -0.2) is 32.0 Å². The Morgan fingerprint density at radius 2 is 1.82 bits per heavy atom. The molecule has 2 aromatic carbocycles. The summed E-state index contributed by atoms with van der Waals surface area (Å²) in [5.41, 5.74) is 1.81. The molecule has 0 aliphatic carbocycles. The number of thioether (sulfide) groups is 1. The van der Waals surface area contributed by atoms with Crippen LogP contribution in [0.1, 0.15) is 11.7 Å². The van der Waals surface area contributed by atoms with Gasteiger partial charge in [0.25, 0.3) is 0 Å². The molecule has 0 atom stereocenters. The lowest BCUT2D eigenvalue weighted by molar-refractivity contribution is 0.391. The van der Waals surface area contributed by atoms with Crippen LogP contribution in [0, 0.1) is 6.92 Å². The molecule has 7 nitrogen and oxygen atoms in total. The van der Waals surface area contributed by atoms with Gasteiger partial charge in [-0.3, -0.25) is 4.57 Å². The average molecular weight is 414 g/mol. The van der Waals surface area contributed by atoms with Crippen molar-refractivity contribution in [2.75, 3.05) is 7.11 Å². The molecule has 9 heteroatoms. The van der Waals surface area contributed by atoms with Crippen molar-refractivity contribution >= 4 is 23.4 Å². The van der Waals surface area contributed by atoms with E-state index in [9.17, 15) is 0 Å². The lowest BCUT2D eigenvalue weighted by Crippen LogP contribution is -1.99. The predicted molar refractivity (Wildman–Crippen MR) is 107 cm³/mol. The number of aromatic nitrogens is 5. The number of ether oxygens (including phenoxy) is 1. The molecule has 0 spiro atoms. The zero-order valence-electron chi connectivity index (χ0n) is 15.2. The molecule has 28 heavy (non-hydrogen) atoms. The second-order valence-electron chi connectivity index (χ2n) is 5.87. The zero-order valence-corrected chi connectivity index (χ0v) is 16.7. The van der Waals surface area contributed by atoms with Crippen molar-refractivity contribution < 1.29 is 9.26 Å². The summed E-state index contributed by atoms with van der Waals surface area (Å²) in [7, 11) is 1.64. The van der Waals surface area contributed by atoms with Crippen LogP contribution in [-0.2, 0) is 5.75 Å². The van der Waals surface area contributed by atoms with E-state index < -0.39 is 0 Å². The monoisotopic (exact) mass is 413 g/mol. The van der Waals surface area contributed by atoms with Crippen molar-refractivity contribution in [3.05, 3.63) is 65.3 Å². The quantitative estimate of drug-likeness (QED) is 0.428. The summed E-state index contributed by atoms with van der Waals surface area (Å²) >= 11 is 7.39. The number of benzene rings is 2. The van der Waals surface area contributed by atoms with Crippen molar-refractivity contribution in [2.24, 2.45) is 0 Å². The standard InChI is InChI=1S/C19H16ClN5O2S/c1-12-22-23-19(25(12)15-7-9-16(26-2)10-8-15)28-11-17-21-18(24-27-17)13-3-5-14(20)6-4-13/h3-10H,11H2,1-2H3. The Labute approximate surface area is 170 Å². The molecule has 0 N–H and O–H groups in total. The minimum Gasteiger partial charge on any atom is -0.497 e. The van der Waals surface area contributed by atoms with Gasteiger partial charge in [0.2, 0.25) is 11.7 Å². The Hall–Kier alpha value is -2.84. The molecular formula is C19H16ClN5O2S. The van der Waals surface area contributed by atoms with Gasteiger partial charge in [-0.1, -0.05) is 28.5 Å². The lowest BCUT2D eigenvalue weighted by atomic mass is 10.2. The summed E-state index contributed by atoms with van der Waals surface area (Å²) in [4.78, 5) is 4.44. The van der Waals surface area contributed by atoms with E-state index in [-0.39, 0.29) is 0 Å². The zero-order chi connectivity index (χ0) is 19.5. The molecule has 0 aliphatic rings. The van der Waals surface area contributed by atoms with Crippen molar-refractivity contribution in [3.8, 4) is 22.8 Å². The Kier molecular flexibility index (Phi) is 5.31. The van der Waals surface area contributed by atoms with Crippen LogP contribution in [0.5, 0.6) is 5.75 Å². The van der Waals surface area contributed by atoms with Crippen LogP contribution in [0.4, 0.5) is 0 Å². The number of hydrogen-bond acceptors (Lipinski definition) is 7. The molecule has 2 aromatic heterocycles. The van der Waals surface area contributed by atoms with E-state index in [4.69, 9.17) is 20.9 Å². The second-order valence-corrected chi connectivity index (χ2v) is 7.25. The summed E-state index contributed by atoms with van der Waals surface area (Å²) in [5.74, 6) is 3.11. The van der Waals surface area contributed by atoms with Crippen LogP contribution >= 0.6 is 23.4 Å². The highest BCUT2D eigenvalue weighted by molar-refractivity contribution is 7.98. The molecular weight excluding hydrogens is 398 g/mol. The third-order valence-electron chi connectivity index (χ3n) is 4.02. The molecule has 4 rings (SSSR count). The minimum absolute atomic E-state index is 0.481. The normalized spacial score (nSPS) is 11.0. The molecule has 0 saturated carbocycles. The lowest BCUT2D eigenvalue weighted by Gasteiger charge is -2.08. The van der Waals surface area contributed by atoms with Gasteiger partial charge < -0.3 is 9.26 Å². The minimum atomic E-state index is 0.481. The summed E-state index contributed by atoms with van der Waals surface area (Å²) < 4.78 is 12.6. The summed E-state index contributed by atoms with van der Waals surface area (Å²) in [5, 5.41) is 13.9. The van der Waals surface area contributed by atoms with Gasteiger partial charge in [-0.05, 0) is 55.5 Å². The molecule has 0 unspecified atom stereocenters. The first-order valence-corrected chi connectivity index (χ1v) is 9.78. The molecule has 0 radical (unpaired) electrons. The first-order chi connectivity index (χ1) is 13.6. The average Bonchev–Trinajstić information content (AvgIpc) is 3.34. The summed E-state index contributed by atoms with van der Waals surface area (Å²) in [6, 6.07) is 15.0. The topological polar surface area (TPSA) is 78.9 Å². The SMILES string of the molecule is COc1ccc(-n2c(C)nnc2SCc2nc(-c3ccc(Cl)cc3)no2)cc1. The second kappa shape index (κ2) is 8.04. The first-order valence-electron chi connectivity index (χ1n) is 8.42. The largest absolute Gasteiger partial charge is 0.497 e. The smallest absolute Gasteiger partial charge is 0.237 e. The van der Waals surface area contributed by atoms with Crippen LogP contribution in [0.3, 0.4) is 0 Å². The van der Waals surface area contributed by atoms with E-state index in [1.165, 1.54) is 11.8 Å². The highest BCUT2D eigenvalue weighted by atomic mass is 35.5. The third kappa shape index (κ3) is 3.88. The van der Waals surface area contributed by atoms with Gasteiger partial charge in [0, 0.05) is 16.3 Å². The van der Waals surface area contributed by atoms with Crippen LogP contribution in [0.15, 0.2) is 58.2 Å². The van der Waals surface area contributed by atoms with Crippen molar-refractivity contribution in [1.82, 2.24) is 24.9 Å². The molecule has 2 heterocycles. The van der Waals surface area contributed by atoms with Crippen LogP contribution < -0.4 is 4.74 Å². The fourth-order valence-corrected chi connectivity index (χ4v) is 3.58. The van der Waals surface area contributed by atoms with Crippen molar-refractivity contribution in [3.63, 3.8) is 0 Å². The summed E-state index contributed by atoms with van der Waals surface area (Å²) in [6.45, 7) is 1.91. The van der Waals surface area contributed by atoms with Crippen LogP contribution in [0.2, 0.25) is 5.02 Å². The van der Waals surface area contributed by atoms with E-state index in [1.807, 2.05) is 47.9 Å². The maximum atomic E-state index is 5.92. The van der Waals surface area contributed by atoms with Crippen molar-refractivity contribution in [1.29, 1.82) is 0 Å². The molecule has 0 aliphatic heterocycles. The van der Waals surface area contributed by atoms with Gasteiger partial charge in [0.1, 0.15) is 11.6 Å². The van der Waals surface area contributed by atoms with Crippen LogP contribution in [0.25, 0.3) is 17.1 Å². The maximum Gasteiger partial charge on any atom is 0.237 e. The van der Waals surface area contributed by atoms with Gasteiger partial charge in [0.05, 0.1) is 12.9 Å². The predicted octanol–water partition coefficient (Wildman–Crippen LogP) is 4.58. The third-order valence-corrected chi connectivity index (χ3v) is 5.19. The van der Waals surface area contributed by atoms with E-state index in [1.54, 1.807) is 19.2 Å². The fourth-order valence-electron chi connectivity index (χ4n) is 2.62. The summed E-state index contributed by atoms with van der Waals surface area (Å²) in [6.07, 6.45) is 0. The van der Waals surface area contributed by atoms with Gasteiger partial charge >= 0.3 is 0 Å². The van der Waals surface area contributed by atoms with Gasteiger partial charge in [-0.15, -0.1) is 10.2 Å². The Morgan fingerprint density at radius 1 is 1.07 bits per heavy atom. The van der Waals surface area contributed by atoms with E-state index in [2.05, 4.69) is 20.3 Å². The molecule has 142 valence electrons. The fraction of sp³-hybridized carbons (Fsp3) is 0.158.